The van der Waals surface area contributed by atoms with Gasteiger partial charge in [0.25, 0.3) is 0 Å². The first-order chi connectivity index (χ1) is 5.42. The molecule has 2 aromatic rings. The molecule has 0 aromatic carbocycles. The van der Waals surface area contributed by atoms with Crippen LogP contribution in [0.5, 0.6) is 0 Å². The molecule has 0 radical (unpaired) electrons. The van der Waals surface area contributed by atoms with Crippen LogP contribution in [0.2, 0.25) is 0 Å². The van der Waals surface area contributed by atoms with Gasteiger partial charge in [0.2, 0.25) is 0 Å². The minimum absolute atomic E-state index is 0.810. The van der Waals surface area contributed by atoms with E-state index in [9.17, 15) is 0 Å². The van der Waals surface area contributed by atoms with Crippen molar-refractivity contribution >= 4 is 5.65 Å². The molecule has 0 aliphatic carbocycles. The summed E-state index contributed by atoms with van der Waals surface area (Å²) >= 11 is 0. The van der Waals surface area contributed by atoms with E-state index in [-0.39, 0.29) is 0 Å². The first-order valence-electron chi connectivity index (χ1n) is 3.55. The van der Waals surface area contributed by atoms with Crippen molar-refractivity contribution in [3.63, 3.8) is 0 Å². The highest BCUT2D eigenvalue weighted by molar-refractivity contribution is 5.34. The van der Waals surface area contributed by atoms with Gasteiger partial charge in [-0.3, -0.25) is 4.40 Å². The van der Waals surface area contributed by atoms with E-state index in [4.69, 9.17) is 0 Å². The van der Waals surface area contributed by atoms with Gasteiger partial charge in [0.05, 0.1) is 12.4 Å². The number of hydrogen-bond donors (Lipinski definition) is 0. The van der Waals surface area contributed by atoms with Crippen LogP contribution in [0.25, 0.3) is 5.65 Å². The maximum Gasteiger partial charge on any atom is 0.179 e. The van der Waals surface area contributed by atoms with Crippen LogP contribution in [0, 0.1) is 0 Å². The number of aryl methyl sites for hydroxylation is 1. The van der Waals surface area contributed by atoms with Gasteiger partial charge in [0.15, 0.2) is 5.65 Å². The summed E-state index contributed by atoms with van der Waals surface area (Å²) in [6.07, 6.45) is 6.17. The Morgan fingerprint density at radius 1 is 1.55 bits per heavy atom. The second kappa shape index (κ2) is 2.30. The van der Waals surface area contributed by atoms with Crippen LogP contribution in [0.15, 0.2) is 18.6 Å². The van der Waals surface area contributed by atoms with Crippen LogP contribution in [0.4, 0.5) is 0 Å². The van der Waals surface area contributed by atoms with Crippen molar-refractivity contribution in [2.24, 2.45) is 0 Å². The molecule has 0 fully saturated rings. The van der Waals surface area contributed by atoms with Crippen molar-refractivity contribution in [1.82, 2.24) is 19.6 Å². The molecule has 0 spiro atoms. The van der Waals surface area contributed by atoms with Crippen LogP contribution in [-0.4, -0.2) is 19.6 Å². The fourth-order valence-corrected chi connectivity index (χ4v) is 1.08. The van der Waals surface area contributed by atoms with Crippen molar-refractivity contribution in [3.8, 4) is 0 Å². The average molecular weight is 148 g/mol. The van der Waals surface area contributed by atoms with E-state index in [0.717, 1.165) is 17.9 Å². The van der Waals surface area contributed by atoms with E-state index >= 15 is 0 Å². The number of nitrogens with zero attached hydrogens (tertiary/aromatic N) is 4. The summed E-state index contributed by atoms with van der Waals surface area (Å²) in [5.74, 6) is 1.02. The van der Waals surface area contributed by atoms with E-state index in [0.29, 0.717) is 0 Å². The SMILES string of the molecule is CCc1ncc2nnccn12. The van der Waals surface area contributed by atoms with Gasteiger partial charge in [-0.1, -0.05) is 6.92 Å². The molecule has 0 unspecified atom stereocenters. The van der Waals surface area contributed by atoms with Crippen molar-refractivity contribution in [2.75, 3.05) is 0 Å². The van der Waals surface area contributed by atoms with E-state index in [1.54, 1.807) is 12.4 Å². The van der Waals surface area contributed by atoms with E-state index in [2.05, 4.69) is 22.1 Å². The fourth-order valence-electron chi connectivity index (χ4n) is 1.08. The fraction of sp³-hybridized carbons (Fsp3) is 0.286. The summed E-state index contributed by atoms with van der Waals surface area (Å²) in [7, 11) is 0. The first kappa shape index (κ1) is 6.27. The molecule has 0 N–H and O–H groups in total. The summed E-state index contributed by atoms with van der Waals surface area (Å²) in [5, 5.41) is 7.65. The summed E-state index contributed by atoms with van der Waals surface area (Å²) in [5.41, 5.74) is 0.810. The minimum atomic E-state index is 0.810. The molecule has 2 rings (SSSR count). The van der Waals surface area contributed by atoms with Crippen molar-refractivity contribution in [2.45, 2.75) is 13.3 Å². The molecule has 4 heteroatoms. The lowest BCUT2D eigenvalue weighted by atomic mass is 10.5. The highest BCUT2D eigenvalue weighted by Gasteiger charge is 1.99. The molecular weight excluding hydrogens is 140 g/mol. The lowest BCUT2D eigenvalue weighted by Crippen LogP contribution is -1.93. The summed E-state index contributed by atoms with van der Waals surface area (Å²) in [6.45, 7) is 2.06. The van der Waals surface area contributed by atoms with Gasteiger partial charge in [-0.05, 0) is 0 Å². The zero-order valence-electron chi connectivity index (χ0n) is 6.23. The van der Waals surface area contributed by atoms with Crippen molar-refractivity contribution in [1.29, 1.82) is 0 Å². The zero-order valence-corrected chi connectivity index (χ0v) is 6.23. The summed E-state index contributed by atoms with van der Waals surface area (Å²) in [6, 6.07) is 0. The second-order valence-electron chi connectivity index (χ2n) is 2.27. The summed E-state index contributed by atoms with van der Waals surface area (Å²) in [4.78, 5) is 4.17. The van der Waals surface area contributed by atoms with Crippen molar-refractivity contribution in [3.05, 3.63) is 24.4 Å². The molecule has 4 nitrogen and oxygen atoms in total. The van der Waals surface area contributed by atoms with Crippen LogP contribution >= 0.6 is 0 Å². The predicted molar refractivity (Wildman–Crippen MR) is 40.2 cm³/mol. The van der Waals surface area contributed by atoms with E-state index < -0.39 is 0 Å². The van der Waals surface area contributed by atoms with Crippen LogP contribution in [-0.2, 0) is 6.42 Å². The monoisotopic (exact) mass is 148 g/mol. The Balaban J connectivity index is 2.76. The maximum absolute atomic E-state index is 4.17. The molecule has 0 amide bonds. The average Bonchev–Trinajstić information content (AvgIpc) is 2.47. The van der Waals surface area contributed by atoms with Crippen LogP contribution < -0.4 is 0 Å². The molecule has 2 aromatic heterocycles. The second-order valence-corrected chi connectivity index (χ2v) is 2.27. The quantitative estimate of drug-likeness (QED) is 0.597. The molecule has 0 atom stereocenters. The lowest BCUT2D eigenvalue weighted by Gasteiger charge is -1.93. The molecule has 0 aliphatic heterocycles. The van der Waals surface area contributed by atoms with Gasteiger partial charge in [0.1, 0.15) is 5.82 Å². The zero-order chi connectivity index (χ0) is 7.68. The summed E-state index contributed by atoms with van der Waals surface area (Å²) < 4.78 is 1.94. The Hall–Kier alpha value is -1.45. The number of aromatic nitrogens is 4. The third-order valence-electron chi connectivity index (χ3n) is 1.61. The van der Waals surface area contributed by atoms with Gasteiger partial charge < -0.3 is 0 Å². The van der Waals surface area contributed by atoms with Gasteiger partial charge >= 0.3 is 0 Å². The molecule has 11 heavy (non-hydrogen) atoms. The van der Waals surface area contributed by atoms with E-state index in [1.807, 2.05) is 10.6 Å². The van der Waals surface area contributed by atoms with Crippen molar-refractivity contribution < 1.29 is 0 Å². The van der Waals surface area contributed by atoms with Gasteiger partial charge in [0, 0.05) is 12.6 Å². The van der Waals surface area contributed by atoms with Gasteiger partial charge in [-0.15, -0.1) is 5.10 Å². The molecule has 0 bridgehead atoms. The molecule has 2 heterocycles. The predicted octanol–water partition coefficient (Wildman–Crippen LogP) is 0.687. The van der Waals surface area contributed by atoms with E-state index in [1.165, 1.54) is 0 Å². The molecule has 0 aliphatic rings. The molecule has 56 valence electrons. The standard InChI is InChI=1S/C7H8N4/c1-2-6-8-5-7-10-9-3-4-11(6)7/h3-5H,2H2,1H3. The number of fused-ring (bicyclic) bond motifs is 1. The Morgan fingerprint density at radius 3 is 3.27 bits per heavy atom. The smallest absolute Gasteiger partial charge is 0.179 e. The number of hydrogen-bond acceptors (Lipinski definition) is 3. The minimum Gasteiger partial charge on any atom is -0.285 e. The number of imidazole rings is 1. The molecule has 0 saturated heterocycles. The Labute approximate surface area is 63.9 Å². The maximum atomic E-state index is 4.17. The topological polar surface area (TPSA) is 43.1 Å². The molecular formula is C7H8N4. The van der Waals surface area contributed by atoms with Crippen LogP contribution in [0.3, 0.4) is 0 Å². The highest BCUT2D eigenvalue weighted by Crippen LogP contribution is 2.01. The van der Waals surface area contributed by atoms with Crippen LogP contribution in [0.1, 0.15) is 12.7 Å². The Kier molecular flexibility index (Phi) is 1.31. The van der Waals surface area contributed by atoms with Gasteiger partial charge in [-0.2, -0.15) is 5.10 Å². The highest BCUT2D eigenvalue weighted by atomic mass is 15.2. The lowest BCUT2D eigenvalue weighted by molar-refractivity contribution is 0.897. The first-order valence-corrected chi connectivity index (χ1v) is 3.55. The Bertz CT molecular complexity index is 365. The number of rotatable bonds is 1. The largest absolute Gasteiger partial charge is 0.285 e. The Morgan fingerprint density at radius 2 is 2.45 bits per heavy atom. The van der Waals surface area contributed by atoms with Gasteiger partial charge in [-0.25, -0.2) is 4.98 Å². The third kappa shape index (κ3) is 0.869. The third-order valence-corrected chi connectivity index (χ3v) is 1.61. The molecule has 0 saturated carbocycles. The normalized spacial score (nSPS) is 10.6.